The molecule has 1 atom stereocenters. The highest BCUT2D eigenvalue weighted by Gasteiger charge is 2.16. The second-order valence-corrected chi connectivity index (χ2v) is 10.9. The van der Waals surface area contributed by atoms with Gasteiger partial charge < -0.3 is 14.6 Å². The van der Waals surface area contributed by atoms with Gasteiger partial charge in [0.15, 0.2) is 6.10 Å². The summed E-state index contributed by atoms with van der Waals surface area (Å²) in [6, 6.07) is 0. The van der Waals surface area contributed by atoms with E-state index in [1.165, 1.54) is 38.5 Å². The summed E-state index contributed by atoms with van der Waals surface area (Å²) in [4.78, 5) is 23.9. The molecule has 0 aliphatic heterocycles. The van der Waals surface area contributed by atoms with Crippen molar-refractivity contribution in [2.24, 2.45) is 0 Å². The van der Waals surface area contributed by atoms with Crippen LogP contribution in [0.25, 0.3) is 0 Å². The lowest BCUT2D eigenvalue weighted by Gasteiger charge is -2.15. The van der Waals surface area contributed by atoms with Crippen LogP contribution in [0.3, 0.4) is 0 Å². The van der Waals surface area contributed by atoms with Gasteiger partial charge in [-0.15, -0.1) is 0 Å². The lowest BCUT2D eigenvalue weighted by molar-refractivity contribution is -0.161. The van der Waals surface area contributed by atoms with Crippen molar-refractivity contribution in [1.29, 1.82) is 0 Å². The molecule has 0 aromatic carbocycles. The Morgan fingerprint density at radius 3 is 1.55 bits per heavy atom. The number of rotatable bonds is 29. The number of ether oxygens (including phenoxy) is 2. The van der Waals surface area contributed by atoms with Crippen molar-refractivity contribution < 1.29 is 24.2 Å². The molecule has 0 saturated heterocycles. The summed E-state index contributed by atoms with van der Waals surface area (Å²) >= 11 is 0. The van der Waals surface area contributed by atoms with Crippen LogP contribution in [0.5, 0.6) is 0 Å². The third-order valence-corrected chi connectivity index (χ3v) is 6.83. The summed E-state index contributed by atoms with van der Waals surface area (Å²) in [6.07, 6.45) is 41.6. The Bertz CT molecular complexity index is 762. The van der Waals surface area contributed by atoms with Gasteiger partial charge in [-0.05, 0) is 57.8 Å². The monoisotopic (exact) mass is 586 g/mol. The molecule has 240 valence electrons. The van der Waals surface area contributed by atoms with Gasteiger partial charge in [0, 0.05) is 12.8 Å². The van der Waals surface area contributed by atoms with E-state index in [1.54, 1.807) is 0 Å². The Labute approximate surface area is 258 Å². The zero-order chi connectivity index (χ0) is 30.8. The van der Waals surface area contributed by atoms with Crippen LogP contribution in [0.15, 0.2) is 60.8 Å². The lowest BCUT2D eigenvalue weighted by atomic mass is 10.1. The second-order valence-electron chi connectivity index (χ2n) is 10.9. The molecule has 0 spiro atoms. The van der Waals surface area contributed by atoms with Gasteiger partial charge in [-0.25, -0.2) is 0 Å². The first-order valence-corrected chi connectivity index (χ1v) is 16.8. The standard InChI is InChI=1S/C37H62O5/c1-3-5-7-9-10-11-12-13-14-15-16-17-18-19-20-21-22-23-24-25-26-28-30-32-37(40)42-35(33-38)34-41-36(39)31-29-27-8-6-4-2/h5,7,10-11,13-14,16-17,19-20,35,38H,3-4,6,8-9,12,15,18,21-34H2,1-2H3/b7-5-,11-10-,14-13-,17-16-,20-19-. The van der Waals surface area contributed by atoms with Crippen molar-refractivity contribution in [3.05, 3.63) is 60.8 Å². The van der Waals surface area contributed by atoms with Crippen molar-refractivity contribution >= 4 is 11.9 Å². The van der Waals surface area contributed by atoms with Gasteiger partial charge in [0.1, 0.15) is 6.61 Å². The fourth-order valence-corrected chi connectivity index (χ4v) is 4.28. The molecule has 0 aromatic rings. The minimum Gasteiger partial charge on any atom is -0.462 e. The van der Waals surface area contributed by atoms with E-state index < -0.39 is 6.10 Å². The Balaban J connectivity index is 3.59. The van der Waals surface area contributed by atoms with E-state index in [9.17, 15) is 14.7 Å². The summed E-state index contributed by atoms with van der Waals surface area (Å²) in [7, 11) is 0. The Hall–Kier alpha value is -2.40. The molecule has 0 fully saturated rings. The molecule has 0 bridgehead atoms. The topological polar surface area (TPSA) is 72.8 Å². The first-order chi connectivity index (χ1) is 20.6. The van der Waals surface area contributed by atoms with Crippen LogP contribution >= 0.6 is 0 Å². The zero-order valence-electron chi connectivity index (χ0n) is 27.0. The molecule has 0 aromatic heterocycles. The van der Waals surface area contributed by atoms with Crippen molar-refractivity contribution in [1.82, 2.24) is 0 Å². The van der Waals surface area contributed by atoms with E-state index in [1.807, 2.05) is 0 Å². The first-order valence-electron chi connectivity index (χ1n) is 16.8. The first kappa shape index (κ1) is 39.6. The number of hydrogen-bond donors (Lipinski definition) is 1. The van der Waals surface area contributed by atoms with Gasteiger partial charge >= 0.3 is 11.9 Å². The van der Waals surface area contributed by atoms with E-state index in [-0.39, 0.29) is 25.2 Å². The van der Waals surface area contributed by atoms with Crippen LogP contribution in [-0.4, -0.2) is 36.4 Å². The molecule has 0 aliphatic carbocycles. The molecular formula is C37H62O5. The summed E-state index contributed by atoms with van der Waals surface area (Å²) in [5.41, 5.74) is 0. The Kier molecular flexibility index (Phi) is 31.2. The number of carbonyl (C=O) groups is 2. The average Bonchev–Trinajstić information content (AvgIpc) is 2.99. The van der Waals surface area contributed by atoms with Crippen LogP contribution in [0, 0.1) is 0 Å². The van der Waals surface area contributed by atoms with Crippen molar-refractivity contribution in [2.75, 3.05) is 13.2 Å². The molecule has 5 heteroatoms. The normalized spacial score (nSPS) is 12.9. The summed E-state index contributed by atoms with van der Waals surface area (Å²) in [5, 5.41) is 9.44. The predicted octanol–water partition coefficient (Wildman–Crippen LogP) is 10.1. The number of unbranched alkanes of at least 4 members (excludes halogenated alkanes) is 11. The average molecular weight is 587 g/mol. The van der Waals surface area contributed by atoms with Crippen LogP contribution in [-0.2, 0) is 19.1 Å². The second kappa shape index (κ2) is 33.1. The third kappa shape index (κ3) is 30.6. The van der Waals surface area contributed by atoms with Gasteiger partial charge in [0.05, 0.1) is 6.61 Å². The third-order valence-electron chi connectivity index (χ3n) is 6.83. The minimum absolute atomic E-state index is 0.0738. The summed E-state index contributed by atoms with van der Waals surface area (Å²) in [5.74, 6) is -0.624. The number of aliphatic hydroxyl groups is 1. The number of esters is 2. The van der Waals surface area contributed by atoms with E-state index in [0.29, 0.717) is 12.8 Å². The van der Waals surface area contributed by atoms with Gasteiger partial charge in [0.2, 0.25) is 0 Å². The van der Waals surface area contributed by atoms with Gasteiger partial charge in [-0.3, -0.25) is 9.59 Å². The van der Waals surface area contributed by atoms with E-state index in [2.05, 4.69) is 74.6 Å². The molecule has 42 heavy (non-hydrogen) atoms. The van der Waals surface area contributed by atoms with Crippen molar-refractivity contribution in [3.8, 4) is 0 Å². The molecule has 1 N–H and O–H groups in total. The predicted molar refractivity (Wildman–Crippen MR) is 177 cm³/mol. The van der Waals surface area contributed by atoms with E-state index in [0.717, 1.165) is 77.0 Å². The molecule has 1 unspecified atom stereocenters. The summed E-state index contributed by atoms with van der Waals surface area (Å²) < 4.78 is 10.4. The Morgan fingerprint density at radius 2 is 1.02 bits per heavy atom. The number of aliphatic hydroxyl groups excluding tert-OH is 1. The minimum atomic E-state index is -0.774. The highest BCUT2D eigenvalue weighted by atomic mass is 16.6. The molecule has 0 aliphatic rings. The maximum Gasteiger partial charge on any atom is 0.306 e. The lowest BCUT2D eigenvalue weighted by Crippen LogP contribution is -2.28. The fourth-order valence-electron chi connectivity index (χ4n) is 4.28. The summed E-state index contributed by atoms with van der Waals surface area (Å²) in [6.45, 7) is 3.90. The quantitative estimate of drug-likeness (QED) is 0.0536. The van der Waals surface area contributed by atoms with Crippen LogP contribution in [0.2, 0.25) is 0 Å². The largest absolute Gasteiger partial charge is 0.462 e. The van der Waals surface area contributed by atoms with Gasteiger partial charge in [-0.2, -0.15) is 0 Å². The fraction of sp³-hybridized carbons (Fsp3) is 0.676. The SMILES string of the molecule is CC/C=C\C/C=C\C/C=C\C/C=C\C/C=C\CCCCCCCCCC(=O)OC(CO)COC(=O)CCCCCCC. The van der Waals surface area contributed by atoms with Crippen molar-refractivity contribution in [3.63, 3.8) is 0 Å². The van der Waals surface area contributed by atoms with E-state index >= 15 is 0 Å². The molecule has 0 heterocycles. The van der Waals surface area contributed by atoms with Gasteiger partial charge in [0.25, 0.3) is 0 Å². The van der Waals surface area contributed by atoms with E-state index in [4.69, 9.17) is 9.47 Å². The van der Waals surface area contributed by atoms with Gasteiger partial charge in [-0.1, -0.05) is 132 Å². The molecular weight excluding hydrogens is 524 g/mol. The zero-order valence-corrected chi connectivity index (χ0v) is 27.0. The molecule has 0 amide bonds. The van der Waals surface area contributed by atoms with Crippen LogP contribution in [0.4, 0.5) is 0 Å². The molecule has 0 rings (SSSR count). The van der Waals surface area contributed by atoms with Crippen LogP contribution < -0.4 is 0 Å². The molecule has 0 radical (unpaired) electrons. The number of carbonyl (C=O) groups excluding carboxylic acids is 2. The molecule has 5 nitrogen and oxygen atoms in total. The number of allylic oxidation sites excluding steroid dienone is 10. The maximum atomic E-state index is 12.1. The van der Waals surface area contributed by atoms with Crippen LogP contribution in [0.1, 0.15) is 142 Å². The molecule has 0 saturated carbocycles. The smallest absolute Gasteiger partial charge is 0.306 e. The maximum absolute atomic E-state index is 12.1. The highest BCUT2D eigenvalue weighted by molar-refractivity contribution is 5.70. The highest BCUT2D eigenvalue weighted by Crippen LogP contribution is 2.11. The van der Waals surface area contributed by atoms with Crippen molar-refractivity contribution in [2.45, 2.75) is 148 Å². The number of hydrogen-bond acceptors (Lipinski definition) is 5. The Morgan fingerprint density at radius 1 is 0.571 bits per heavy atom.